The molecule has 1 unspecified atom stereocenters. The molecule has 0 bridgehead atoms. The van der Waals surface area contributed by atoms with E-state index in [1.165, 1.54) is 0 Å². The Balaban J connectivity index is 1.94. The zero-order valence-corrected chi connectivity index (χ0v) is 12.1. The summed E-state index contributed by atoms with van der Waals surface area (Å²) in [6.07, 6.45) is 3.21. The Kier molecular flexibility index (Phi) is 5.42. The van der Waals surface area contributed by atoms with Crippen LogP contribution in [0.3, 0.4) is 0 Å². The monoisotopic (exact) mass is 277 g/mol. The van der Waals surface area contributed by atoms with Crippen molar-refractivity contribution in [2.45, 2.75) is 25.9 Å². The lowest BCUT2D eigenvalue weighted by Gasteiger charge is -2.13. The highest BCUT2D eigenvalue weighted by Gasteiger charge is 2.10. The number of nitrogens with one attached hydrogen (secondary N) is 1. The largest absolute Gasteiger partial charge is 0.419 e. The summed E-state index contributed by atoms with van der Waals surface area (Å²) >= 11 is 1.84. The highest BCUT2D eigenvalue weighted by atomic mass is 32.2. The second-order valence-corrected chi connectivity index (χ2v) is 5.22. The van der Waals surface area contributed by atoms with E-state index in [0.717, 1.165) is 17.7 Å². The molecule has 102 valence electrons. The zero-order valence-electron chi connectivity index (χ0n) is 11.3. The fourth-order valence-electron chi connectivity index (χ4n) is 1.78. The summed E-state index contributed by atoms with van der Waals surface area (Å²) in [7, 11) is 0. The number of hydrogen-bond acceptors (Lipinski definition) is 5. The fourth-order valence-corrected chi connectivity index (χ4v) is 2.53. The minimum Gasteiger partial charge on any atom is -0.419 e. The number of benzene rings is 1. The van der Waals surface area contributed by atoms with E-state index in [4.69, 9.17) is 4.42 Å². The van der Waals surface area contributed by atoms with E-state index < -0.39 is 0 Å². The topological polar surface area (TPSA) is 51.0 Å². The summed E-state index contributed by atoms with van der Waals surface area (Å²) in [5.41, 5.74) is 0.956. The molecule has 4 nitrogen and oxygen atoms in total. The summed E-state index contributed by atoms with van der Waals surface area (Å²) in [4.78, 5) is 0. The molecule has 0 saturated heterocycles. The molecule has 0 spiro atoms. The Morgan fingerprint density at radius 1 is 1.26 bits per heavy atom. The smallest absolute Gasteiger partial charge is 0.247 e. The summed E-state index contributed by atoms with van der Waals surface area (Å²) in [5, 5.41) is 11.6. The van der Waals surface area contributed by atoms with Crippen LogP contribution in [0.4, 0.5) is 0 Å². The van der Waals surface area contributed by atoms with Crippen LogP contribution in [0, 0.1) is 0 Å². The molecule has 0 saturated carbocycles. The van der Waals surface area contributed by atoms with Crippen molar-refractivity contribution in [1.29, 1.82) is 0 Å². The second kappa shape index (κ2) is 7.31. The fraction of sp³-hybridized carbons (Fsp3) is 0.429. The quantitative estimate of drug-likeness (QED) is 0.843. The Hall–Kier alpha value is -1.33. The first-order chi connectivity index (χ1) is 9.33. The third kappa shape index (κ3) is 4.08. The summed E-state index contributed by atoms with van der Waals surface area (Å²) in [5.74, 6) is 2.31. The molecule has 2 rings (SSSR count). The van der Waals surface area contributed by atoms with Gasteiger partial charge in [0.25, 0.3) is 0 Å². The molecule has 2 aromatic rings. The summed E-state index contributed by atoms with van der Waals surface area (Å²) in [6.45, 7) is 2.80. The van der Waals surface area contributed by atoms with Crippen molar-refractivity contribution in [3.63, 3.8) is 0 Å². The Bertz CT molecular complexity index is 486. The molecule has 0 amide bonds. The molecular formula is C14H19N3OS. The van der Waals surface area contributed by atoms with Gasteiger partial charge in [-0.2, -0.15) is 11.8 Å². The summed E-state index contributed by atoms with van der Waals surface area (Å²) < 4.78 is 5.65. The van der Waals surface area contributed by atoms with Gasteiger partial charge in [-0.25, -0.2) is 0 Å². The first-order valence-electron chi connectivity index (χ1n) is 6.43. The van der Waals surface area contributed by atoms with Gasteiger partial charge in [-0.1, -0.05) is 25.1 Å². The van der Waals surface area contributed by atoms with Crippen LogP contribution in [0.15, 0.2) is 34.7 Å². The van der Waals surface area contributed by atoms with Gasteiger partial charge in [0.05, 0.1) is 6.54 Å². The van der Waals surface area contributed by atoms with Gasteiger partial charge >= 0.3 is 0 Å². The second-order valence-electron chi connectivity index (χ2n) is 4.31. The normalized spacial score (nSPS) is 12.5. The third-order valence-electron chi connectivity index (χ3n) is 2.89. The van der Waals surface area contributed by atoms with Crippen molar-refractivity contribution in [3.8, 4) is 11.5 Å². The van der Waals surface area contributed by atoms with Gasteiger partial charge in [-0.15, -0.1) is 10.2 Å². The van der Waals surface area contributed by atoms with E-state index in [9.17, 15) is 0 Å². The lowest BCUT2D eigenvalue weighted by Crippen LogP contribution is -2.30. The molecular weight excluding hydrogens is 258 g/mol. The molecule has 0 radical (unpaired) electrons. The molecule has 0 aliphatic rings. The van der Waals surface area contributed by atoms with Crippen LogP contribution in [0.5, 0.6) is 0 Å². The van der Waals surface area contributed by atoms with Gasteiger partial charge in [0.1, 0.15) is 0 Å². The molecule has 1 N–H and O–H groups in total. The highest BCUT2D eigenvalue weighted by molar-refractivity contribution is 7.98. The van der Waals surface area contributed by atoms with Gasteiger partial charge in [0, 0.05) is 17.4 Å². The molecule has 1 aromatic heterocycles. The van der Waals surface area contributed by atoms with Gasteiger partial charge in [0.15, 0.2) is 0 Å². The van der Waals surface area contributed by atoms with Crippen LogP contribution < -0.4 is 5.32 Å². The van der Waals surface area contributed by atoms with Gasteiger partial charge < -0.3 is 9.73 Å². The van der Waals surface area contributed by atoms with Gasteiger partial charge in [-0.05, 0) is 24.8 Å². The molecule has 0 aliphatic heterocycles. The number of thioether (sulfide) groups is 1. The lowest BCUT2D eigenvalue weighted by molar-refractivity contribution is 0.447. The van der Waals surface area contributed by atoms with Crippen LogP contribution in [-0.2, 0) is 6.54 Å². The Morgan fingerprint density at radius 3 is 2.74 bits per heavy atom. The van der Waals surface area contributed by atoms with Crippen molar-refractivity contribution in [2.24, 2.45) is 0 Å². The molecule has 0 fully saturated rings. The first kappa shape index (κ1) is 14.1. The van der Waals surface area contributed by atoms with Crippen LogP contribution in [0.1, 0.15) is 19.2 Å². The molecule has 19 heavy (non-hydrogen) atoms. The van der Waals surface area contributed by atoms with Gasteiger partial charge in [-0.3, -0.25) is 0 Å². The third-order valence-corrected chi connectivity index (χ3v) is 3.63. The SMILES string of the molecule is CCC(CSC)NCc1nnc(-c2ccccc2)o1. The lowest BCUT2D eigenvalue weighted by atomic mass is 10.2. The number of hydrogen-bond donors (Lipinski definition) is 1. The molecule has 1 heterocycles. The maximum Gasteiger partial charge on any atom is 0.247 e. The summed E-state index contributed by atoms with van der Waals surface area (Å²) in [6, 6.07) is 10.3. The predicted molar refractivity (Wildman–Crippen MR) is 79.0 cm³/mol. The van der Waals surface area contributed by atoms with E-state index in [0.29, 0.717) is 24.4 Å². The number of rotatable bonds is 7. The van der Waals surface area contributed by atoms with Crippen molar-refractivity contribution in [1.82, 2.24) is 15.5 Å². The van der Waals surface area contributed by atoms with E-state index in [2.05, 4.69) is 28.7 Å². The number of nitrogens with zero attached hydrogens (tertiary/aromatic N) is 2. The van der Waals surface area contributed by atoms with Crippen molar-refractivity contribution >= 4 is 11.8 Å². The Labute approximate surface area is 118 Å². The van der Waals surface area contributed by atoms with Crippen LogP contribution >= 0.6 is 11.8 Å². The minimum atomic E-state index is 0.488. The van der Waals surface area contributed by atoms with Crippen molar-refractivity contribution < 1.29 is 4.42 Å². The average Bonchev–Trinajstić information content (AvgIpc) is 2.93. The molecule has 0 aliphatic carbocycles. The minimum absolute atomic E-state index is 0.488. The first-order valence-corrected chi connectivity index (χ1v) is 7.83. The molecule has 5 heteroatoms. The molecule has 1 atom stereocenters. The molecule has 1 aromatic carbocycles. The maximum atomic E-state index is 5.65. The Morgan fingerprint density at radius 2 is 2.05 bits per heavy atom. The van der Waals surface area contributed by atoms with Crippen LogP contribution in [-0.4, -0.2) is 28.2 Å². The number of aromatic nitrogens is 2. The predicted octanol–water partition coefficient (Wildman–Crippen LogP) is 2.97. The highest BCUT2D eigenvalue weighted by Crippen LogP contribution is 2.16. The van der Waals surface area contributed by atoms with Crippen molar-refractivity contribution in [3.05, 3.63) is 36.2 Å². The van der Waals surface area contributed by atoms with E-state index in [1.54, 1.807) is 0 Å². The average molecular weight is 277 g/mol. The van der Waals surface area contributed by atoms with E-state index in [-0.39, 0.29) is 0 Å². The van der Waals surface area contributed by atoms with Gasteiger partial charge in [0.2, 0.25) is 11.8 Å². The van der Waals surface area contributed by atoms with Crippen LogP contribution in [0.2, 0.25) is 0 Å². The van der Waals surface area contributed by atoms with E-state index in [1.807, 2.05) is 42.1 Å². The maximum absolute atomic E-state index is 5.65. The standard InChI is InChI=1S/C14H19N3OS/c1-3-12(10-19-2)15-9-13-16-17-14(18-13)11-7-5-4-6-8-11/h4-8,12,15H,3,9-10H2,1-2H3. The zero-order chi connectivity index (χ0) is 13.5. The van der Waals surface area contributed by atoms with Crippen LogP contribution in [0.25, 0.3) is 11.5 Å². The van der Waals surface area contributed by atoms with E-state index >= 15 is 0 Å². The van der Waals surface area contributed by atoms with Crippen molar-refractivity contribution in [2.75, 3.05) is 12.0 Å².